The number of esters is 1. The monoisotopic (exact) mass is 623 g/mol. The number of carbonyl (C=O) groups excluding carboxylic acids is 1. The third kappa shape index (κ3) is 5.58. The van der Waals surface area contributed by atoms with Crippen molar-refractivity contribution < 1.29 is 22.3 Å². The Morgan fingerprint density at radius 2 is 1.73 bits per heavy atom. The van der Waals surface area contributed by atoms with E-state index in [1.54, 1.807) is 24.3 Å². The van der Waals surface area contributed by atoms with Crippen molar-refractivity contribution in [2.45, 2.75) is 80.1 Å². The minimum atomic E-state index is -3.15. The molecule has 0 amide bonds. The highest BCUT2D eigenvalue weighted by Crippen LogP contribution is 2.54. The molecule has 0 aromatic heterocycles. The number of anilines is 1. The molecule has 0 bridgehead atoms. The van der Waals surface area contributed by atoms with E-state index >= 15 is 0 Å². The van der Waals surface area contributed by atoms with Crippen LogP contribution in [0, 0.1) is 23.6 Å². The first-order valence-corrected chi connectivity index (χ1v) is 18.1. The van der Waals surface area contributed by atoms with Crippen LogP contribution in [0.15, 0.2) is 47.4 Å². The predicted molar refractivity (Wildman–Crippen MR) is 169 cm³/mol. The number of sulfone groups is 1. The number of benzene rings is 2. The lowest BCUT2D eigenvalue weighted by Gasteiger charge is -2.54. The molecule has 0 spiro atoms. The molecule has 238 valence electrons. The van der Waals surface area contributed by atoms with Crippen LogP contribution in [-0.2, 0) is 31.3 Å². The van der Waals surface area contributed by atoms with E-state index < -0.39 is 9.84 Å². The van der Waals surface area contributed by atoms with Crippen molar-refractivity contribution in [2.24, 2.45) is 17.8 Å². The van der Waals surface area contributed by atoms with Gasteiger partial charge in [0.25, 0.3) is 0 Å². The molecule has 7 rings (SSSR count). The van der Waals surface area contributed by atoms with Crippen LogP contribution in [0.3, 0.4) is 0 Å². The van der Waals surface area contributed by atoms with E-state index in [1.165, 1.54) is 12.5 Å². The minimum absolute atomic E-state index is 0.114. The van der Waals surface area contributed by atoms with Gasteiger partial charge in [-0.2, -0.15) is 0 Å². The number of fused-ring (bicyclic) bond motifs is 1. The summed E-state index contributed by atoms with van der Waals surface area (Å²) >= 11 is 0. The number of piperidine rings is 1. The summed E-state index contributed by atoms with van der Waals surface area (Å²) in [4.78, 5) is 19.9. The van der Waals surface area contributed by atoms with Gasteiger partial charge < -0.3 is 19.4 Å². The molecule has 2 saturated heterocycles. The highest BCUT2D eigenvalue weighted by molar-refractivity contribution is 7.92. The smallest absolute Gasteiger partial charge is 0.302 e. The molecule has 3 atom stereocenters. The van der Waals surface area contributed by atoms with Crippen LogP contribution < -0.4 is 4.90 Å². The van der Waals surface area contributed by atoms with Gasteiger partial charge in [-0.3, -0.25) is 4.79 Å². The van der Waals surface area contributed by atoms with E-state index in [2.05, 4.69) is 21.7 Å². The Labute approximate surface area is 261 Å². The molecular formula is C35H46FN3O4S. The molecule has 2 aliphatic carbocycles. The minimum Gasteiger partial charge on any atom is -0.462 e. The second kappa shape index (κ2) is 11.7. The van der Waals surface area contributed by atoms with Crippen LogP contribution in [0.25, 0.3) is 0 Å². The summed E-state index contributed by atoms with van der Waals surface area (Å²) in [5, 5.41) is -0.177. The van der Waals surface area contributed by atoms with E-state index in [1.807, 2.05) is 18.2 Å². The maximum atomic E-state index is 14.9. The van der Waals surface area contributed by atoms with Crippen molar-refractivity contribution in [3.63, 3.8) is 0 Å². The molecule has 1 unspecified atom stereocenters. The van der Waals surface area contributed by atoms with Gasteiger partial charge in [0.05, 0.1) is 10.1 Å². The van der Waals surface area contributed by atoms with Crippen molar-refractivity contribution in [3.05, 3.63) is 59.4 Å². The van der Waals surface area contributed by atoms with E-state index in [9.17, 15) is 17.6 Å². The number of halogens is 1. The molecular weight excluding hydrogens is 577 g/mol. The number of carbonyl (C=O) groups is 1. The molecule has 3 aliphatic heterocycles. The van der Waals surface area contributed by atoms with Gasteiger partial charge in [-0.05, 0) is 119 Å². The fraction of sp³-hybridized carbons (Fsp3) is 0.629. The van der Waals surface area contributed by atoms with Crippen LogP contribution in [0.2, 0.25) is 0 Å². The third-order valence-corrected chi connectivity index (χ3v) is 13.5. The summed E-state index contributed by atoms with van der Waals surface area (Å²) in [6, 6.07) is 12.8. The highest BCUT2D eigenvalue weighted by Gasteiger charge is 2.55. The van der Waals surface area contributed by atoms with Gasteiger partial charge in [0.15, 0.2) is 9.84 Å². The molecule has 9 heteroatoms. The Morgan fingerprint density at radius 1 is 1.00 bits per heavy atom. The van der Waals surface area contributed by atoms with E-state index in [0.717, 1.165) is 102 Å². The molecule has 7 nitrogen and oxygen atoms in total. The number of rotatable bonds is 8. The molecule has 2 aromatic carbocycles. The van der Waals surface area contributed by atoms with Gasteiger partial charge in [0.1, 0.15) is 11.9 Å². The van der Waals surface area contributed by atoms with Crippen molar-refractivity contribution >= 4 is 21.5 Å². The number of ether oxygens (including phenoxy) is 1. The van der Waals surface area contributed by atoms with Crippen molar-refractivity contribution in [1.29, 1.82) is 0 Å². The Bertz CT molecular complexity index is 1480. The highest BCUT2D eigenvalue weighted by atomic mass is 32.2. The average Bonchev–Trinajstić information content (AvgIpc) is 3.75. The fourth-order valence-corrected chi connectivity index (χ4v) is 10.8. The molecule has 0 radical (unpaired) electrons. The Balaban J connectivity index is 1.02. The number of likely N-dealkylation sites (tertiary alicyclic amines) is 1. The first kappa shape index (κ1) is 30.2. The summed E-state index contributed by atoms with van der Waals surface area (Å²) in [7, 11) is -0.974. The largest absolute Gasteiger partial charge is 0.462 e. The number of likely N-dealkylation sites (N-methyl/N-ethyl adjacent to an activating group) is 1. The first-order chi connectivity index (χ1) is 21.1. The Kier molecular flexibility index (Phi) is 8.03. The maximum Gasteiger partial charge on any atom is 0.302 e. The molecule has 2 saturated carbocycles. The zero-order valence-corrected chi connectivity index (χ0v) is 26.9. The second-order valence-electron chi connectivity index (χ2n) is 14.3. The summed E-state index contributed by atoms with van der Waals surface area (Å²) in [6.45, 7) is 8.29. The molecule has 44 heavy (non-hydrogen) atoms. The predicted octanol–water partition coefficient (Wildman–Crippen LogP) is 5.03. The second-order valence-corrected chi connectivity index (χ2v) is 16.5. The first-order valence-electron chi connectivity index (χ1n) is 16.6. The third-order valence-electron chi connectivity index (χ3n) is 11.3. The SMILES string of the molecule is CC(=O)O[C@@H]1CCC[C@H]1C1(C2CCN(CC3CN(c4ccc(S(=O)(=O)C5CC5)cc4)C3)CC2)CN(C)Cc2ccc(F)cc21. The molecule has 4 fully saturated rings. The number of hydrogen-bond donors (Lipinski definition) is 0. The van der Waals surface area contributed by atoms with Crippen molar-refractivity contribution in [2.75, 3.05) is 51.2 Å². The van der Waals surface area contributed by atoms with Gasteiger partial charge in [-0.25, -0.2) is 12.8 Å². The van der Waals surface area contributed by atoms with Crippen LogP contribution in [0.1, 0.15) is 63.0 Å². The molecule has 2 aromatic rings. The van der Waals surface area contributed by atoms with Crippen LogP contribution in [0.4, 0.5) is 10.1 Å². The quantitative estimate of drug-likeness (QED) is 0.383. The van der Waals surface area contributed by atoms with Crippen LogP contribution >= 0.6 is 0 Å². The van der Waals surface area contributed by atoms with Crippen molar-refractivity contribution in [1.82, 2.24) is 9.80 Å². The van der Waals surface area contributed by atoms with Crippen molar-refractivity contribution in [3.8, 4) is 0 Å². The number of nitrogens with zero attached hydrogens (tertiary/aromatic N) is 3. The van der Waals surface area contributed by atoms with Gasteiger partial charge in [-0.1, -0.05) is 6.07 Å². The van der Waals surface area contributed by atoms with E-state index in [4.69, 9.17) is 4.74 Å². The normalized spacial score (nSPS) is 28.9. The fourth-order valence-electron chi connectivity index (χ4n) is 9.15. The summed E-state index contributed by atoms with van der Waals surface area (Å²) in [6.07, 6.45) is 6.50. The van der Waals surface area contributed by atoms with Gasteiger partial charge in [0, 0.05) is 62.6 Å². The number of hydrogen-bond acceptors (Lipinski definition) is 7. The molecule has 3 heterocycles. The standard InChI is InChI=1S/C35H46FN3O4S/c1-24(40)43-34-5-3-4-32(34)35(23-37(2)22-26-6-7-28(36)18-33(26)35)27-14-16-38(17-15-27)19-25-20-39(21-25)29-8-10-30(11-9-29)44(41,42)31-12-13-31/h6-11,18,25,27,31-32,34H,3-5,12-17,19-23H2,1-2H3/t32-,34-,35?/m1/s1. The zero-order valence-electron chi connectivity index (χ0n) is 26.1. The van der Waals surface area contributed by atoms with Crippen LogP contribution in [0.5, 0.6) is 0 Å². The average molecular weight is 624 g/mol. The Hall–Kier alpha value is -2.49. The van der Waals surface area contributed by atoms with Gasteiger partial charge in [-0.15, -0.1) is 0 Å². The lowest BCUT2D eigenvalue weighted by Crippen LogP contribution is -2.58. The van der Waals surface area contributed by atoms with Gasteiger partial charge >= 0.3 is 5.97 Å². The van der Waals surface area contributed by atoms with Gasteiger partial charge in [0.2, 0.25) is 0 Å². The summed E-state index contributed by atoms with van der Waals surface area (Å²) in [5.41, 5.74) is 3.23. The topological polar surface area (TPSA) is 70.2 Å². The molecule has 0 N–H and O–H groups in total. The maximum absolute atomic E-state index is 14.9. The summed E-state index contributed by atoms with van der Waals surface area (Å²) < 4.78 is 45.9. The Morgan fingerprint density at radius 3 is 2.41 bits per heavy atom. The van der Waals surface area contributed by atoms with E-state index in [0.29, 0.717) is 16.7 Å². The summed E-state index contributed by atoms with van der Waals surface area (Å²) in [5.74, 6) is 0.785. The zero-order chi connectivity index (χ0) is 30.6. The van der Waals surface area contributed by atoms with E-state index in [-0.39, 0.29) is 34.5 Å². The lowest BCUT2D eigenvalue weighted by molar-refractivity contribution is -0.150. The molecule has 5 aliphatic rings. The van der Waals surface area contributed by atoms with Crippen LogP contribution in [-0.4, -0.2) is 81.9 Å². The lowest BCUT2D eigenvalue weighted by atomic mass is 9.56.